The van der Waals surface area contributed by atoms with Crippen LogP contribution >= 0.6 is 0 Å². The van der Waals surface area contributed by atoms with Crippen molar-refractivity contribution in [1.29, 1.82) is 0 Å². The fourth-order valence-electron chi connectivity index (χ4n) is 2.36. The second-order valence-corrected chi connectivity index (χ2v) is 7.59. The number of rotatable bonds is 10. The number of ether oxygens (including phenoxy) is 1. The molecule has 1 atom stereocenters. The van der Waals surface area contributed by atoms with E-state index in [4.69, 9.17) is 10.5 Å². The maximum absolute atomic E-state index is 10.8. The molecule has 0 aromatic rings. The van der Waals surface area contributed by atoms with E-state index >= 15 is 0 Å². The summed E-state index contributed by atoms with van der Waals surface area (Å²) in [4.78, 5) is 10.8. The molecule has 0 bridgehead atoms. The van der Waals surface area contributed by atoms with Crippen LogP contribution in [0.2, 0.25) is 0 Å². The fraction of sp³-hybridized carbons (Fsp3) is 0.824. The van der Waals surface area contributed by atoms with Crippen molar-refractivity contribution < 1.29 is 9.53 Å². The zero-order valence-electron chi connectivity index (χ0n) is 14.7. The van der Waals surface area contributed by atoms with Crippen molar-refractivity contribution in [3.8, 4) is 0 Å². The first kappa shape index (κ1) is 20.0. The lowest BCUT2D eigenvalue weighted by molar-refractivity contribution is -0.145. The first-order chi connectivity index (χ1) is 9.41. The minimum atomic E-state index is -0.250. The third-order valence-corrected chi connectivity index (χ3v) is 3.37. The highest BCUT2D eigenvalue weighted by Crippen LogP contribution is 2.30. The topological polar surface area (TPSA) is 64.3 Å². The van der Waals surface area contributed by atoms with Crippen LogP contribution in [0.15, 0.2) is 12.3 Å². The van der Waals surface area contributed by atoms with Crippen LogP contribution in [0.4, 0.5) is 0 Å². The molecule has 0 rings (SSSR count). The van der Waals surface area contributed by atoms with Crippen molar-refractivity contribution in [2.24, 2.45) is 11.1 Å². The molecule has 0 aliphatic heterocycles. The van der Waals surface area contributed by atoms with E-state index < -0.39 is 0 Å². The molecule has 0 heterocycles. The van der Waals surface area contributed by atoms with E-state index in [1.54, 1.807) is 0 Å². The number of hydrogen-bond donors (Lipinski definition) is 2. The predicted molar refractivity (Wildman–Crippen MR) is 88.9 cm³/mol. The minimum absolute atomic E-state index is 0.0925. The Morgan fingerprint density at radius 1 is 1.29 bits per heavy atom. The van der Waals surface area contributed by atoms with Crippen molar-refractivity contribution in [3.05, 3.63) is 12.3 Å². The number of carbonyl (C=O) groups is 1. The second kappa shape index (κ2) is 8.42. The summed E-state index contributed by atoms with van der Waals surface area (Å²) in [5, 5.41) is 3.25. The van der Waals surface area contributed by atoms with Gasteiger partial charge in [-0.2, -0.15) is 0 Å². The summed E-state index contributed by atoms with van der Waals surface area (Å²) in [5.41, 5.74) is 7.11. The predicted octanol–water partition coefficient (Wildman–Crippen LogP) is 3.37. The summed E-state index contributed by atoms with van der Waals surface area (Å²) in [6.45, 7) is 16.6. The van der Waals surface area contributed by atoms with Crippen molar-refractivity contribution in [3.63, 3.8) is 0 Å². The molecule has 0 spiro atoms. The van der Waals surface area contributed by atoms with Crippen LogP contribution in [0.1, 0.15) is 67.2 Å². The van der Waals surface area contributed by atoms with Crippen LogP contribution in [0.5, 0.6) is 0 Å². The van der Waals surface area contributed by atoms with Crippen molar-refractivity contribution in [2.75, 3.05) is 6.54 Å². The lowest BCUT2D eigenvalue weighted by Crippen LogP contribution is -2.32. The molecule has 0 aromatic heterocycles. The zero-order chi connectivity index (χ0) is 16.7. The van der Waals surface area contributed by atoms with Crippen LogP contribution < -0.4 is 11.1 Å². The Labute approximate surface area is 130 Å². The highest BCUT2D eigenvalue weighted by atomic mass is 16.5. The molecule has 4 nitrogen and oxygen atoms in total. The maximum Gasteiger partial charge on any atom is 0.302 e. The largest absolute Gasteiger partial charge is 0.461 e. The molecule has 1 unspecified atom stereocenters. The molecule has 0 aliphatic rings. The van der Waals surface area contributed by atoms with Gasteiger partial charge in [-0.3, -0.25) is 4.79 Å². The molecular weight excluding hydrogens is 264 g/mol. The molecule has 0 aliphatic carbocycles. The zero-order valence-corrected chi connectivity index (χ0v) is 14.7. The Hall–Kier alpha value is -1.03. The van der Waals surface area contributed by atoms with Gasteiger partial charge >= 0.3 is 5.97 Å². The number of esters is 1. The van der Waals surface area contributed by atoms with E-state index in [9.17, 15) is 4.79 Å². The van der Waals surface area contributed by atoms with E-state index in [2.05, 4.69) is 39.6 Å². The third-order valence-electron chi connectivity index (χ3n) is 3.37. The van der Waals surface area contributed by atoms with Gasteiger partial charge in [-0.1, -0.05) is 26.8 Å². The molecule has 4 heteroatoms. The lowest BCUT2D eigenvalue weighted by Gasteiger charge is -2.28. The van der Waals surface area contributed by atoms with Gasteiger partial charge in [0.2, 0.25) is 0 Å². The maximum atomic E-state index is 10.8. The van der Waals surface area contributed by atoms with Gasteiger partial charge in [-0.25, -0.2) is 0 Å². The summed E-state index contributed by atoms with van der Waals surface area (Å²) in [5.74, 6) is -0.250. The van der Waals surface area contributed by atoms with Gasteiger partial charge in [-0.05, 0) is 45.4 Å². The Morgan fingerprint density at radius 3 is 2.33 bits per heavy atom. The first-order valence-corrected chi connectivity index (χ1v) is 7.79. The number of nitrogens with two attached hydrogens (primary N) is 1. The van der Waals surface area contributed by atoms with Gasteiger partial charge in [0.1, 0.15) is 6.10 Å². The van der Waals surface area contributed by atoms with Crippen molar-refractivity contribution in [1.82, 2.24) is 5.32 Å². The van der Waals surface area contributed by atoms with Crippen LogP contribution in [0.25, 0.3) is 0 Å². The fourth-order valence-corrected chi connectivity index (χ4v) is 2.36. The Kier molecular flexibility index (Phi) is 8.01. The summed E-state index contributed by atoms with van der Waals surface area (Å²) < 4.78 is 5.08. The Balaban J connectivity index is 4.03. The molecule has 0 aromatic carbocycles. The summed E-state index contributed by atoms with van der Waals surface area (Å²) in [6.07, 6.45) is 4.03. The van der Waals surface area contributed by atoms with E-state index in [1.165, 1.54) is 6.92 Å². The van der Waals surface area contributed by atoms with Gasteiger partial charge in [0, 0.05) is 18.2 Å². The van der Waals surface area contributed by atoms with E-state index in [0.717, 1.165) is 31.4 Å². The van der Waals surface area contributed by atoms with Crippen molar-refractivity contribution in [2.45, 2.75) is 78.9 Å². The molecule has 0 amide bonds. The van der Waals surface area contributed by atoms with Crippen LogP contribution in [0, 0.1) is 5.41 Å². The summed E-state index contributed by atoms with van der Waals surface area (Å²) in [6, 6.07) is 0. The smallest absolute Gasteiger partial charge is 0.302 e. The van der Waals surface area contributed by atoms with Gasteiger partial charge in [0.15, 0.2) is 0 Å². The molecule has 0 fully saturated rings. The van der Waals surface area contributed by atoms with Crippen LogP contribution in [-0.2, 0) is 9.53 Å². The Bertz CT molecular complexity index is 343. The second-order valence-electron chi connectivity index (χ2n) is 7.59. The number of nitrogens with one attached hydrogen (secondary N) is 1. The molecule has 0 radical (unpaired) electrons. The average molecular weight is 298 g/mol. The molecule has 21 heavy (non-hydrogen) atoms. The van der Waals surface area contributed by atoms with Gasteiger partial charge in [-0.15, -0.1) is 0 Å². The van der Waals surface area contributed by atoms with Gasteiger partial charge in [0.05, 0.1) is 6.54 Å². The highest BCUT2D eigenvalue weighted by Gasteiger charge is 2.21. The quantitative estimate of drug-likeness (QED) is 0.607. The summed E-state index contributed by atoms with van der Waals surface area (Å²) >= 11 is 0. The molecule has 124 valence electrons. The first-order valence-electron chi connectivity index (χ1n) is 7.79. The van der Waals surface area contributed by atoms with E-state index in [0.29, 0.717) is 6.54 Å². The monoisotopic (exact) mass is 298 g/mol. The standard InChI is InChI=1S/C17H34N2O2/c1-13(19-12-14(2)21-15(3)20)11-16(4,5)9-8-10-17(6,7)18/h14,19H,1,8-12,18H2,2-7H3. The SMILES string of the molecule is C=C(CC(C)(C)CCCC(C)(C)N)NCC(C)OC(C)=O. The van der Waals surface area contributed by atoms with Crippen molar-refractivity contribution >= 4 is 5.97 Å². The molecule has 0 saturated heterocycles. The Morgan fingerprint density at radius 2 is 1.86 bits per heavy atom. The number of hydrogen-bond acceptors (Lipinski definition) is 4. The van der Waals surface area contributed by atoms with Crippen LogP contribution in [0.3, 0.4) is 0 Å². The average Bonchev–Trinajstić information content (AvgIpc) is 2.22. The normalized spacial score (nSPS) is 13.7. The summed E-state index contributed by atoms with van der Waals surface area (Å²) in [7, 11) is 0. The molecular formula is C17H34N2O2. The van der Waals surface area contributed by atoms with Gasteiger partial charge < -0.3 is 15.8 Å². The van der Waals surface area contributed by atoms with E-state index in [1.807, 2.05) is 6.92 Å². The highest BCUT2D eigenvalue weighted by molar-refractivity contribution is 5.66. The number of carbonyl (C=O) groups excluding carboxylic acids is 1. The minimum Gasteiger partial charge on any atom is -0.461 e. The lowest BCUT2D eigenvalue weighted by atomic mass is 9.81. The van der Waals surface area contributed by atoms with Gasteiger partial charge in [0.25, 0.3) is 0 Å². The number of allylic oxidation sites excluding steroid dienone is 1. The molecule has 3 N–H and O–H groups in total. The molecule has 0 saturated carbocycles. The third kappa shape index (κ3) is 12.4. The van der Waals surface area contributed by atoms with E-state index in [-0.39, 0.29) is 23.0 Å². The van der Waals surface area contributed by atoms with Crippen LogP contribution in [-0.4, -0.2) is 24.2 Å².